The molecule has 2 unspecified atom stereocenters. The van der Waals surface area contributed by atoms with Gasteiger partial charge in [-0.2, -0.15) is 0 Å². The first-order chi connectivity index (χ1) is 12.3. The van der Waals surface area contributed by atoms with Crippen molar-refractivity contribution in [2.24, 2.45) is 5.92 Å². The van der Waals surface area contributed by atoms with E-state index in [0.717, 1.165) is 12.1 Å². The summed E-state index contributed by atoms with van der Waals surface area (Å²) in [4.78, 5) is 10.0. The molecule has 0 amide bonds. The molecule has 1 aliphatic carbocycles. The summed E-state index contributed by atoms with van der Waals surface area (Å²) in [5, 5.41) is 31.4. The van der Waals surface area contributed by atoms with Gasteiger partial charge in [-0.3, -0.25) is 0 Å². The zero-order valence-corrected chi connectivity index (χ0v) is 14.4. The maximum absolute atomic E-state index is 13.4. The van der Waals surface area contributed by atoms with Crippen molar-refractivity contribution in [1.29, 1.82) is 0 Å². The molecule has 1 aliphatic rings. The van der Waals surface area contributed by atoms with Crippen LogP contribution in [0.5, 0.6) is 0 Å². The third-order valence-corrected chi connectivity index (χ3v) is 5.01. The van der Waals surface area contributed by atoms with E-state index in [9.17, 15) is 24.1 Å². The van der Waals surface area contributed by atoms with E-state index < -0.39 is 41.9 Å². The molecule has 2 aromatic rings. The van der Waals surface area contributed by atoms with E-state index in [1.165, 1.54) is 6.07 Å². The fourth-order valence-electron chi connectivity index (χ4n) is 3.50. The molecular weight excluding hydrogens is 344 g/mol. The van der Waals surface area contributed by atoms with Gasteiger partial charge in [-0.05, 0) is 37.1 Å². The number of nitrogens with zero attached hydrogens (tertiary/aromatic N) is 3. The number of hydrogen-bond acceptors (Lipinski definition) is 6. The number of rotatable bonds is 4. The third kappa shape index (κ3) is 3.40. The average Bonchev–Trinajstić information content (AvgIpc) is 2.91. The Labute approximate surface area is 149 Å². The Bertz CT molecular complexity index is 792. The van der Waals surface area contributed by atoms with Crippen molar-refractivity contribution in [3.63, 3.8) is 0 Å². The van der Waals surface area contributed by atoms with Crippen molar-refractivity contribution in [2.75, 3.05) is 11.9 Å². The molecular formula is C18H21F2N3O3. The standard InChI is InChI=1S/C18H21F2N3O3/c1-9-21-6-5-15(22-9)23(2)14-8-11(17(25)18(14)26)16(24)10-3-4-12(19)13(20)7-10/h3-7,11,14,16-18,24-26H,8H2,1-2H3/t11?,14?,16-,17+,18-/m0/s1. The van der Waals surface area contributed by atoms with Crippen molar-refractivity contribution < 1.29 is 24.1 Å². The van der Waals surface area contributed by atoms with Crippen LogP contribution in [-0.4, -0.2) is 50.6 Å². The van der Waals surface area contributed by atoms with E-state index in [0.29, 0.717) is 11.6 Å². The first kappa shape index (κ1) is 18.6. The van der Waals surface area contributed by atoms with Crippen LogP contribution in [-0.2, 0) is 0 Å². The second-order valence-corrected chi connectivity index (χ2v) is 6.64. The fourth-order valence-corrected chi connectivity index (χ4v) is 3.50. The Morgan fingerprint density at radius 3 is 2.54 bits per heavy atom. The summed E-state index contributed by atoms with van der Waals surface area (Å²) >= 11 is 0. The van der Waals surface area contributed by atoms with Crippen molar-refractivity contribution >= 4 is 5.82 Å². The molecule has 26 heavy (non-hydrogen) atoms. The van der Waals surface area contributed by atoms with Gasteiger partial charge in [0.1, 0.15) is 17.7 Å². The van der Waals surface area contributed by atoms with Gasteiger partial charge in [0, 0.05) is 19.2 Å². The van der Waals surface area contributed by atoms with Gasteiger partial charge in [0.15, 0.2) is 11.6 Å². The number of aromatic nitrogens is 2. The molecule has 3 rings (SSSR count). The van der Waals surface area contributed by atoms with Gasteiger partial charge in [-0.25, -0.2) is 18.7 Å². The van der Waals surface area contributed by atoms with Crippen molar-refractivity contribution in [2.45, 2.75) is 37.7 Å². The molecule has 140 valence electrons. The molecule has 0 saturated heterocycles. The molecule has 1 heterocycles. The van der Waals surface area contributed by atoms with Crippen LogP contribution in [0.1, 0.15) is 23.9 Å². The minimum Gasteiger partial charge on any atom is -0.390 e. The monoisotopic (exact) mass is 365 g/mol. The Hall–Kier alpha value is -2.16. The van der Waals surface area contributed by atoms with E-state index >= 15 is 0 Å². The molecule has 1 aromatic heterocycles. The lowest BCUT2D eigenvalue weighted by Crippen LogP contribution is -2.42. The summed E-state index contributed by atoms with van der Waals surface area (Å²) in [6, 6.07) is 4.30. The molecule has 0 radical (unpaired) electrons. The summed E-state index contributed by atoms with van der Waals surface area (Å²) in [6.07, 6.45) is -1.73. The van der Waals surface area contributed by atoms with Gasteiger partial charge < -0.3 is 20.2 Å². The Balaban J connectivity index is 1.81. The van der Waals surface area contributed by atoms with Crippen molar-refractivity contribution in [3.05, 3.63) is 53.5 Å². The molecule has 8 heteroatoms. The number of benzene rings is 1. The van der Waals surface area contributed by atoms with Gasteiger partial charge in [0.2, 0.25) is 0 Å². The molecule has 0 spiro atoms. The van der Waals surface area contributed by atoms with Gasteiger partial charge in [0.05, 0.1) is 18.2 Å². The van der Waals surface area contributed by atoms with E-state index in [-0.39, 0.29) is 12.0 Å². The van der Waals surface area contributed by atoms with Crippen molar-refractivity contribution in [3.8, 4) is 0 Å². The van der Waals surface area contributed by atoms with Crippen LogP contribution in [0.25, 0.3) is 0 Å². The first-order valence-electron chi connectivity index (χ1n) is 8.31. The third-order valence-electron chi connectivity index (χ3n) is 5.01. The summed E-state index contributed by atoms with van der Waals surface area (Å²) in [5.74, 6) is -1.66. The van der Waals surface area contributed by atoms with Crippen LogP contribution in [0.15, 0.2) is 30.5 Å². The molecule has 5 atom stereocenters. The van der Waals surface area contributed by atoms with Gasteiger partial charge >= 0.3 is 0 Å². The maximum Gasteiger partial charge on any atom is 0.159 e. The molecule has 1 fully saturated rings. The van der Waals surface area contributed by atoms with E-state index in [1.54, 1.807) is 31.1 Å². The van der Waals surface area contributed by atoms with Gasteiger partial charge in [-0.1, -0.05) is 6.07 Å². The lowest BCUT2D eigenvalue weighted by Gasteiger charge is -2.28. The second kappa shape index (κ2) is 7.22. The number of hydrogen-bond donors (Lipinski definition) is 3. The van der Waals surface area contributed by atoms with Gasteiger partial charge in [0.25, 0.3) is 0 Å². The quantitative estimate of drug-likeness (QED) is 0.758. The number of anilines is 1. The summed E-state index contributed by atoms with van der Waals surface area (Å²) < 4.78 is 26.5. The number of likely N-dealkylation sites (N-methyl/N-ethyl adjacent to an activating group) is 1. The second-order valence-electron chi connectivity index (χ2n) is 6.64. The highest BCUT2D eigenvalue weighted by Crippen LogP contribution is 2.39. The number of halogens is 2. The Kier molecular flexibility index (Phi) is 5.17. The predicted molar refractivity (Wildman–Crippen MR) is 90.4 cm³/mol. The summed E-state index contributed by atoms with van der Waals surface area (Å²) in [6.45, 7) is 1.74. The number of aryl methyl sites for hydroxylation is 1. The average molecular weight is 365 g/mol. The molecule has 1 saturated carbocycles. The van der Waals surface area contributed by atoms with Crippen LogP contribution in [0.2, 0.25) is 0 Å². The van der Waals surface area contributed by atoms with Crippen LogP contribution >= 0.6 is 0 Å². The first-order valence-corrected chi connectivity index (χ1v) is 8.31. The summed E-state index contributed by atoms with van der Waals surface area (Å²) in [5.41, 5.74) is 0.154. The maximum atomic E-state index is 13.4. The SMILES string of the molecule is Cc1nccc(N(C)C2CC([C@@H](O)c3ccc(F)c(F)c3)[C@@H](O)[C@H]2O)n1. The number of aliphatic hydroxyl groups is 3. The van der Waals surface area contributed by atoms with Crippen LogP contribution < -0.4 is 4.90 Å². The molecule has 0 aliphatic heterocycles. The lowest BCUT2D eigenvalue weighted by atomic mass is 9.92. The Morgan fingerprint density at radius 1 is 1.15 bits per heavy atom. The zero-order valence-electron chi connectivity index (χ0n) is 14.4. The molecule has 0 bridgehead atoms. The fraction of sp³-hybridized carbons (Fsp3) is 0.444. The van der Waals surface area contributed by atoms with Crippen molar-refractivity contribution in [1.82, 2.24) is 9.97 Å². The normalized spacial score (nSPS) is 26.7. The highest BCUT2D eigenvalue weighted by atomic mass is 19.2. The highest BCUT2D eigenvalue weighted by Gasteiger charge is 2.46. The van der Waals surface area contributed by atoms with E-state index in [2.05, 4.69) is 9.97 Å². The van der Waals surface area contributed by atoms with E-state index in [4.69, 9.17) is 0 Å². The minimum absolute atomic E-state index is 0.154. The summed E-state index contributed by atoms with van der Waals surface area (Å²) in [7, 11) is 1.73. The number of aliphatic hydroxyl groups excluding tert-OH is 3. The Morgan fingerprint density at radius 2 is 1.88 bits per heavy atom. The zero-order chi connectivity index (χ0) is 19.0. The molecule has 1 aromatic carbocycles. The molecule has 3 N–H and O–H groups in total. The van der Waals surface area contributed by atoms with Crippen LogP contribution in [0, 0.1) is 24.5 Å². The highest BCUT2D eigenvalue weighted by molar-refractivity contribution is 5.39. The topological polar surface area (TPSA) is 89.7 Å². The lowest BCUT2D eigenvalue weighted by molar-refractivity contribution is -0.0232. The predicted octanol–water partition coefficient (Wildman–Crippen LogP) is 1.34. The smallest absolute Gasteiger partial charge is 0.159 e. The molecule has 6 nitrogen and oxygen atoms in total. The largest absolute Gasteiger partial charge is 0.390 e. The van der Waals surface area contributed by atoms with Crippen LogP contribution in [0.4, 0.5) is 14.6 Å². The van der Waals surface area contributed by atoms with Gasteiger partial charge in [-0.15, -0.1) is 0 Å². The van der Waals surface area contributed by atoms with Crippen LogP contribution in [0.3, 0.4) is 0 Å². The van der Waals surface area contributed by atoms with E-state index in [1.807, 2.05) is 0 Å². The minimum atomic E-state index is -1.24.